The lowest BCUT2D eigenvalue weighted by molar-refractivity contribution is -0.127. The van der Waals surface area contributed by atoms with Gasteiger partial charge in [0, 0.05) is 28.9 Å². The van der Waals surface area contributed by atoms with Crippen molar-refractivity contribution < 1.29 is 9.53 Å². The molecule has 1 heterocycles. The third kappa shape index (κ3) is 5.58. The Hall–Kier alpha value is -2.37. The number of amides is 1. The van der Waals surface area contributed by atoms with E-state index in [-0.39, 0.29) is 5.91 Å². The minimum Gasteiger partial charge on any atom is -0.481 e. The molecule has 152 valence electrons. The zero-order valence-electron chi connectivity index (χ0n) is 17.1. The van der Waals surface area contributed by atoms with Gasteiger partial charge < -0.3 is 10.1 Å². The van der Waals surface area contributed by atoms with Gasteiger partial charge in [-0.2, -0.15) is 0 Å². The molecule has 0 radical (unpaired) electrons. The number of hydrogen-bond donors (Lipinski definition) is 1. The molecule has 0 fully saturated rings. The molecule has 0 aliphatic heterocycles. The smallest absolute Gasteiger partial charge is 0.260 e. The topological polar surface area (TPSA) is 51.2 Å². The highest BCUT2D eigenvalue weighted by Gasteiger charge is 2.15. The molecule has 1 aromatic heterocycles. The van der Waals surface area contributed by atoms with Crippen molar-refractivity contribution in [2.24, 2.45) is 0 Å². The SMILES string of the molecule is Cc1ccc(-c2nc(CCNC(=O)C(C)Oc3cc(C)c(Cl)c(C)c3)cs2)cc1. The van der Waals surface area contributed by atoms with Gasteiger partial charge in [-0.25, -0.2) is 4.98 Å². The Morgan fingerprint density at radius 1 is 1.17 bits per heavy atom. The van der Waals surface area contributed by atoms with Crippen LogP contribution < -0.4 is 10.1 Å². The molecule has 29 heavy (non-hydrogen) atoms. The molecule has 1 atom stereocenters. The normalized spacial score (nSPS) is 11.9. The molecule has 0 saturated carbocycles. The van der Waals surface area contributed by atoms with Gasteiger partial charge in [-0.1, -0.05) is 41.4 Å². The number of aryl methyl sites for hydroxylation is 3. The van der Waals surface area contributed by atoms with Crippen LogP contribution in [0.2, 0.25) is 5.02 Å². The molecule has 1 N–H and O–H groups in total. The Bertz CT molecular complexity index is 975. The van der Waals surface area contributed by atoms with E-state index in [4.69, 9.17) is 16.3 Å². The Labute approximate surface area is 180 Å². The van der Waals surface area contributed by atoms with Crippen LogP contribution in [0.4, 0.5) is 0 Å². The highest BCUT2D eigenvalue weighted by Crippen LogP contribution is 2.26. The summed E-state index contributed by atoms with van der Waals surface area (Å²) in [4.78, 5) is 17.0. The van der Waals surface area contributed by atoms with Crippen LogP contribution in [0.1, 0.15) is 29.3 Å². The van der Waals surface area contributed by atoms with Crippen molar-refractivity contribution in [3.05, 3.63) is 69.2 Å². The van der Waals surface area contributed by atoms with Gasteiger partial charge >= 0.3 is 0 Å². The molecule has 0 spiro atoms. The average Bonchev–Trinajstić information content (AvgIpc) is 3.15. The number of ether oxygens (including phenoxy) is 1. The van der Waals surface area contributed by atoms with Crippen LogP contribution >= 0.6 is 22.9 Å². The number of carbonyl (C=O) groups is 1. The van der Waals surface area contributed by atoms with E-state index in [1.165, 1.54) is 5.56 Å². The first-order valence-electron chi connectivity index (χ1n) is 9.56. The fourth-order valence-electron chi connectivity index (χ4n) is 2.94. The van der Waals surface area contributed by atoms with E-state index in [2.05, 4.69) is 41.5 Å². The van der Waals surface area contributed by atoms with Crippen molar-refractivity contribution in [2.75, 3.05) is 6.54 Å². The number of benzene rings is 2. The molecule has 6 heteroatoms. The van der Waals surface area contributed by atoms with Gasteiger partial charge in [0.2, 0.25) is 0 Å². The Morgan fingerprint density at radius 2 is 1.83 bits per heavy atom. The predicted molar refractivity (Wildman–Crippen MR) is 120 cm³/mol. The first-order chi connectivity index (χ1) is 13.8. The van der Waals surface area contributed by atoms with Gasteiger partial charge in [-0.05, 0) is 51.0 Å². The highest BCUT2D eigenvalue weighted by atomic mass is 35.5. The van der Waals surface area contributed by atoms with Gasteiger partial charge in [0.05, 0.1) is 5.69 Å². The van der Waals surface area contributed by atoms with Gasteiger partial charge in [0.15, 0.2) is 6.10 Å². The van der Waals surface area contributed by atoms with Crippen LogP contribution in [0.3, 0.4) is 0 Å². The molecule has 1 unspecified atom stereocenters. The van der Waals surface area contributed by atoms with E-state index in [0.29, 0.717) is 18.7 Å². The van der Waals surface area contributed by atoms with Crippen molar-refractivity contribution in [3.63, 3.8) is 0 Å². The number of rotatable bonds is 7. The van der Waals surface area contributed by atoms with E-state index in [9.17, 15) is 4.79 Å². The summed E-state index contributed by atoms with van der Waals surface area (Å²) in [5, 5.41) is 6.69. The third-order valence-electron chi connectivity index (χ3n) is 4.62. The summed E-state index contributed by atoms with van der Waals surface area (Å²) >= 11 is 7.80. The lowest BCUT2D eigenvalue weighted by Gasteiger charge is -2.16. The number of nitrogens with one attached hydrogen (secondary N) is 1. The van der Waals surface area contributed by atoms with Crippen LogP contribution in [0.5, 0.6) is 5.75 Å². The molecule has 0 aliphatic carbocycles. The van der Waals surface area contributed by atoms with Crippen LogP contribution in [0.15, 0.2) is 41.8 Å². The fraction of sp³-hybridized carbons (Fsp3) is 0.304. The quantitative estimate of drug-likeness (QED) is 0.539. The van der Waals surface area contributed by atoms with Crippen molar-refractivity contribution in [2.45, 2.75) is 40.2 Å². The first-order valence-corrected chi connectivity index (χ1v) is 10.8. The van der Waals surface area contributed by atoms with Crippen LogP contribution in [0.25, 0.3) is 10.6 Å². The van der Waals surface area contributed by atoms with Crippen LogP contribution in [-0.4, -0.2) is 23.5 Å². The zero-order valence-corrected chi connectivity index (χ0v) is 18.7. The van der Waals surface area contributed by atoms with E-state index >= 15 is 0 Å². The number of aromatic nitrogens is 1. The monoisotopic (exact) mass is 428 g/mol. The fourth-order valence-corrected chi connectivity index (χ4v) is 3.91. The van der Waals surface area contributed by atoms with Crippen LogP contribution in [-0.2, 0) is 11.2 Å². The standard InChI is InChI=1S/C23H25ClN2O2S/c1-14-5-7-18(8-6-14)23-26-19(13-29-23)9-10-25-22(27)17(4)28-20-11-15(2)21(24)16(3)12-20/h5-8,11-13,17H,9-10H2,1-4H3,(H,25,27). The highest BCUT2D eigenvalue weighted by molar-refractivity contribution is 7.13. The summed E-state index contributed by atoms with van der Waals surface area (Å²) in [6, 6.07) is 12.0. The Kier molecular flexibility index (Phi) is 6.93. The molecular weight excluding hydrogens is 404 g/mol. The average molecular weight is 429 g/mol. The molecule has 0 bridgehead atoms. The maximum absolute atomic E-state index is 12.4. The lowest BCUT2D eigenvalue weighted by atomic mass is 10.1. The maximum atomic E-state index is 12.4. The summed E-state index contributed by atoms with van der Waals surface area (Å²) in [5.41, 5.74) is 5.19. The summed E-state index contributed by atoms with van der Waals surface area (Å²) in [6.07, 6.45) is 0.0912. The molecule has 1 amide bonds. The van der Waals surface area contributed by atoms with Crippen molar-refractivity contribution >= 4 is 28.8 Å². The minimum atomic E-state index is -0.589. The zero-order chi connectivity index (χ0) is 21.0. The van der Waals surface area contributed by atoms with Crippen molar-refractivity contribution in [3.8, 4) is 16.3 Å². The summed E-state index contributed by atoms with van der Waals surface area (Å²) in [7, 11) is 0. The summed E-state index contributed by atoms with van der Waals surface area (Å²) in [5.74, 6) is 0.499. The van der Waals surface area contributed by atoms with E-state index in [1.54, 1.807) is 18.3 Å². The molecule has 0 saturated heterocycles. The van der Waals surface area contributed by atoms with E-state index in [1.807, 2.05) is 31.4 Å². The van der Waals surface area contributed by atoms with Gasteiger partial charge in [0.1, 0.15) is 10.8 Å². The molecule has 3 rings (SSSR count). The van der Waals surface area contributed by atoms with Gasteiger partial charge in [0.25, 0.3) is 5.91 Å². The minimum absolute atomic E-state index is 0.149. The third-order valence-corrected chi connectivity index (χ3v) is 6.16. The largest absolute Gasteiger partial charge is 0.481 e. The first kappa shape index (κ1) is 21.3. The van der Waals surface area contributed by atoms with Gasteiger partial charge in [-0.3, -0.25) is 4.79 Å². The molecule has 2 aromatic carbocycles. The summed E-state index contributed by atoms with van der Waals surface area (Å²) < 4.78 is 5.78. The molecule has 0 aliphatic rings. The number of nitrogens with zero attached hydrogens (tertiary/aromatic N) is 1. The maximum Gasteiger partial charge on any atom is 0.260 e. The molecular formula is C23H25ClN2O2S. The van der Waals surface area contributed by atoms with Crippen molar-refractivity contribution in [1.82, 2.24) is 10.3 Å². The molecule has 3 aromatic rings. The predicted octanol–water partition coefficient (Wildman–Crippen LogP) is 5.51. The number of carbonyl (C=O) groups excluding carboxylic acids is 1. The van der Waals surface area contributed by atoms with Crippen LogP contribution in [0, 0.1) is 20.8 Å². The Morgan fingerprint density at radius 3 is 2.48 bits per heavy atom. The second kappa shape index (κ2) is 9.42. The van der Waals surface area contributed by atoms with E-state index < -0.39 is 6.10 Å². The number of thiazole rings is 1. The summed E-state index contributed by atoms with van der Waals surface area (Å²) in [6.45, 7) is 8.17. The van der Waals surface area contributed by atoms with Crippen molar-refractivity contribution in [1.29, 1.82) is 0 Å². The number of hydrogen-bond acceptors (Lipinski definition) is 4. The molecule has 4 nitrogen and oxygen atoms in total. The Balaban J connectivity index is 1.50. The number of halogens is 1. The second-order valence-electron chi connectivity index (χ2n) is 7.18. The van der Waals surface area contributed by atoms with Gasteiger partial charge in [-0.15, -0.1) is 11.3 Å². The lowest BCUT2D eigenvalue weighted by Crippen LogP contribution is -2.37. The second-order valence-corrected chi connectivity index (χ2v) is 8.42. The van der Waals surface area contributed by atoms with E-state index in [0.717, 1.165) is 32.4 Å².